The molecule has 134 valence electrons. The summed E-state index contributed by atoms with van der Waals surface area (Å²) in [5.74, 6) is 1.73. The van der Waals surface area contributed by atoms with Crippen LogP contribution in [0.2, 0.25) is 0 Å². The summed E-state index contributed by atoms with van der Waals surface area (Å²) < 4.78 is 11.6. The molecular formula is C19H30N2O3. The van der Waals surface area contributed by atoms with Gasteiger partial charge >= 0.3 is 0 Å². The van der Waals surface area contributed by atoms with Crippen LogP contribution in [0.4, 0.5) is 0 Å². The Hall–Kier alpha value is -1.75. The normalized spacial score (nSPS) is 18.2. The number of hydrogen-bond acceptors (Lipinski definition) is 4. The van der Waals surface area contributed by atoms with Crippen LogP contribution in [0.1, 0.15) is 51.6 Å². The lowest BCUT2D eigenvalue weighted by atomic mass is 10.0. The monoisotopic (exact) mass is 334 g/mol. The Labute approximate surface area is 145 Å². The fourth-order valence-electron chi connectivity index (χ4n) is 2.74. The lowest BCUT2D eigenvalue weighted by Crippen LogP contribution is -2.33. The van der Waals surface area contributed by atoms with Crippen LogP contribution in [0.25, 0.3) is 0 Å². The van der Waals surface area contributed by atoms with Crippen molar-refractivity contribution in [3.8, 4) is 11.5 Å². The number of carbonyl (C=O) groups excluding carboxylic acids is 1. The van der Waals surface area contributed by atoms with Gasteiger partial charge in [0.25, 0.3) is 0 Å². The highest BCUT2D eigenvalue weighted by Crippen LogP contribution is 2.31. The predicted octanol–water partition coefficient (Wildman–Crippen LogP) is 3.05. The van der Waals surface area contributed by atoms with E-state index >= 15 is 0 Å². The first kappa shape index (κ1) is 18.6. The quantitative estimate of drug-likeness (QED) is 0.729. The van der Waals surface area contributed by atoms with Crippen LogP contribution in [0, 0.1) is 5.92 Å². The zero-order chi connectivity index (χ0) is 17.4. The standard InChI is InChI=1S/C19H30N2O3/c1-4-10-23-17-7-6-15(12-18(17)24-11-5-2)14(3)21-19(22)16-8-9-20-13-16/h6-7,12,14,16,20H,4-5,8-11,13H2,1-3H3,(H,21,22). The molecule has 1 aliphatic rings. The molecule has 5 heteroatoms. The SMILES string of the molecule is CCCOc1ccc(C(C)NC(=O)C2CCNC2)cc1OCCC. The Morgan fingerprint density at radius 1 is 1.25 bits per heavy atom. The molecule has 24 heavy (non-hydrogen) atoms. The predicted molar refractivity (Wildman–Crippen MR) is 95.5 cm³/mol. The van der Waals surface area contributed by atoms with E-state index in [1.54, 1.807) is 0 Å². The van der Waals surface area contributed by atoms with Crippen molar-refractivity contribution < 1.29 is 14.3 Å². The summed E-state index contributed by atoms with van der Waals surface area (Å²) >= 11 is 0. The van der Waals surface area contributed by atoms with Crippen LogP contribution in [-0.4, -0.2) is 32.2 Å². The first-order valence-corrected chi connectivity index (χ1v) is 9.06. The number of benzene rings is 1. The molecule has 2 N–H and O–H groups in total. The van der Waals surface area contributed by atoms with E-state index in [1.807, 2.05) is 25.1 Å². The van der Waals surface area contributed by atoms with Gasteiger partial charge in [0.05, 0.1) is 25.2 Å². The fourth-order valence-corrected chi connectivity index (χ4v) is 2.74. The molecule has 0 spiro atoms. The molecule has 1 amide bonds. The molecule has 2 atom stereocenters. The van der Waals surface area contributed by atoms with Gasteiger partial charge < -0.3 is 20.1 Å². The highest BCUT2D eigenvalue weighted by molar-refractivity contribution is 5.79. The van der Waals surface area contributed by atoms with E-state index in [2.05, 4.69) is 24.5 Å². The van der Waals surface area contributed by atoms with Gasteiger partial charge in [0, 0.05) is 6.54 Å². The zero-order valence-electron chi connectivity index (χ0n) is 15.1. The van der Waals surface area contributed by atoms with E-state index in [9.17, 15) is 4.79 Å². The number of ether oxygens (including phenoxy) is 2. The molecular weight excluding hydrogens is 304 g/mol. The minimum absolute atomic E-state index is 0.0534. The van der Waals surface area contributed by atoms with Crippen molar-refractivity contribution in [2.75, 3.05) is 26.3 Å². The van der Waals surface area contributed by atoms with Crippen LogP contribution in [0.3, 0.4) is 0 Å². The minimum Gasteiger partial charge on any atom is -0.490 e. The third-order valence-electron chi connectivity index (χ3n) is 4.18. The molecule has 1 aromatic carbocycles. The Balaban J connectivity index is 2.05. The van der Waals surface area contributed by atoms with E-state index in [0.717, 1.165) is 49.4 Å². The molecule has 0 aromatic heterocycles. The van der Waals surface area contributed by atoms with Crippen molar-refractivity contribution in [2.45, 2.75) is 46.1 Å². The van der Waals surface area contributed by atoms with Crippen molar-refractivity contribution in [2.24, 2.45) is 5.92 Å². The van der Waals surface area contributed by atoms with Gasteiger partial charge in [-0.15, -0.1) is 0 Å². The maximum absolute atomic E-state index is 12.3. The van der Waals surface area contributed by atoms with Crippen LogP contribution >= 0.6 is 0 Å². The molecule has 0 radical (unpaired) electrons. The highest BCUT2D eigenvalue weighted by atomic mass is 16.5. The molecule has 1 saturated heterocycles. The van der Waals surface area contributed by atoms with Crippen molar-refractivity contribution >= 4 is 5.91 Å². The number of amides is 1. The second-order valence-electron chi connectivity index (χ2n) is 6.32. The summed E-state index contributed by atoms with van der Waals surface area (Å²) in [5.41, 5.74) is 1.03. The number of carbonyl (C=O) groups is 1. The molecule has 2 rings (SSSR count). The lowest BCUT2D eigenvalue weighted by molar-refractivity contribution is -0.125. The minimum atomic E-state index is -0.0534. The second kappa shape index (κ2) is 9.52. The van der Waals surface area contributed by atoms with Gasteiger partial charge in [-0.05, 0) is 50.4 Å². The van der Waals surface area contributed by atoms with E-state index in [4.69, 9.17) is 9.47 Å². The first-order chi connectivity index (χ1) is 11.7. The fraction of sp³-hybridized carbons (Fsp3) is 0.632. The van der Waals surface area contributed by atoms with E-state index in [1.165, 1.54) is 0 Å². The lowest BCUT2D eigenvalue weighted by Gasteiger charge is -2.19. The molecule has 1 fully saturated rings. The van der Waals surface area contributed by atoms with E-state index in [-0.39, 0.29) is 17.9 Å². The van der Waals surface area contributed by atoms with E-state index in [0.29, 0.717) is 13.2 Å². The maximum Gasteiger partial charge on any atom is 0.224 e. The van der Waals surface area contributed by atoms with Gasteiger partial charge in [-0.25, -0.2) is 0 Å². The Bertz CT molecular complexity index is 527. The average molecular weight is 334 g/mol. The van der Waals surface area contributed by atoms with Gasteiger partial charge in [-0.3, -0.25) is 4.79 Å². The van der Waals surface area contributed by atoms with Crippen molar-refractivity contribution in [3.63, 3.8) is 0 Å². The number of nitrogens with one attached hydrogen (secondary N) is 2. The van der Waals surface area contributed by atoms with Crippen molar-refractivity contribution in [1.82, 2.24) is 10.6 Å². The smallest absolute Gasteiger partial charge is 0.224 e. The average Bonchev–Trinajstić information content (AvgIpc) is 3.13. The van der Waals surface area contributed by atoms with Gasteiger partial charge in [0.2, 0.25) is 5.91 Å². The summed E-state index contributed by atoms with van der Waals surface area (Å²) in [7, 11) is 0. The molecule has 1 aliphatic heterocycles. The highest BCUT2D eigenvalue weighted by Gasteiger charge is 2.24. The Morgan fingerprint density at radius 3 is 2.58 bits per heavy atom. The second-order valence-corrected chi connectivity index (χ2v) is 6.32. The van der Waals surface area contributed by atoms with Crippen LogP contribution in [0.5, 0.6) is 11.5 Å². The Kier molecular flexibility index (Phi) is 7.37. The van der Waals surface area contributed by atoms with Gasteiger partial charge in [-0.2, -0.15) is 0 Å². The van der Waals surface area contributed by atoms with Crippen LogP contribution < -0.4 is 20.1 Å². The molecule has 5 nitrogen and oxygen atoms in total. The van der Waals surface area contributed by atoms with Crippen LogP contribution in [0.15, 0.2) is 18.2 Å². The summed E-state index contributed by atoms with van der Waals surface area (Å²) in [6.45, 7) is 9.18. The van der Waals surface area contributed by atoms with Gasteiger partial charge in [0.1, 0.15) is 0 Å². The third kappa shape index (κ3) is 5.13. The third-order valence-corrected chi connectivity index (χ3v) is 4.18. The zero-order valence-corrected chi connectivity index (χ0v) is 15.1. The molecule has 0 saturated carbocycles. The van der Waals surface area contributed by atoms with Gasteiger partial charge in [0.15, 0.2) is 11.5 Å². The van der Waals surface area contributed by atoms with E-state index < -0.39 is 0 Å². The summed E-state index contributed by atoms with van der Waals surface area (Å²) in [6, 6.07) is 5.87. The maximum atomic E-state index is 12.3. The Morgan fingerprint density at radius 2 is 1.96 bits per heavy atom. The summed E-state index contributed by atoms with van der Waals surface area (Å²) in [5, 5.41) is 6.34. The molecule has 1 heterocycles. The van der Waals surface area contributed by atoms with Gasteiger partial charge in [-0.1, -0.05) is 19.9 Å². The van der Waals surface area contributed by atoms with Crippen molar-refractivity contribution in [3.05, 3.63) is 23.8 Å². The largest absolute Gasteiger partial charge is 0.490 e. The molecule has 0 aliphatic carbocycles. The first-order valence-electron chi connectivity index (χ1n) is 9.06. The topological polar surface area (TPSA) is 59.6 Å². The van der Waals surface area contributed by atoms with Crippen molar-refractivity contribution in [1.29, 1.82) is 0 Å². The molecule has 1 aromatic rings. The summed E-state index contributed by atoms with van der Waals surface area (Å²) in [4.78, 5) is 12.3. The number of hydrogen-bond donors (Lipinski definition) is 2. The number of rotatable bonds is 9. The summed E-state index contributed by atoms with van der Waals surface area (Å²) in [6.07, 6.45) is 2.81. The molecule has 0 bridgehead atoms. The molecule has 2 unspecified atom stereocenters. The van der Waals surface area contributed by atoms with Crippen LogP contribution in [-0.2, 0) is 4.79 Å².